The Morgan fingerprint density at radius 1 is 1.14 bits per heavy atom. The number of Topliss-reactive ketones (excluding diaryl/α,β-unsaturated/α-hetero) is 1. The Hall–Kier alpha value is -3.19. The van der Waals surface area contributed by atoms with Crippen LogP contribution in [0.15, 0.2) is 23.0 Å². The fourth-order valence-electron chi connectivity index (χ4n) is 7.58. The van der Waals surface area contributed by atoms with Crippen molar-refractivity contribution >= 4 is 36.1 Å². The standard InChI is InChI=1S/C30H40BN4O7/c1-29(41)6-8-35(9-7-29)13-15-12-18(36)20-16(22(15)33(2)3)10-14-11-17-23(34(4)5)25(38)21(28(32)40)26(31)30(17,42)27(39)19(14)24(20)37/h12,14,17,23,36-38,41-42H,6-11,13H2,1-5H3,(H2,32,40)/t14-,17-,23-,30+/m0/s1. The molecule has 225 valence electrons. The molecule has 1 aliphatic heterocycles. The summed E-state index contributed by atoms with van der Waals surface area (Å²) in [6, 6.07) is 0.654. The van der Waals surface area contributed by atoms with E-state index in [9.17, 15) is 35.1 Å². The number of phenols is 1. The Balaban J connectivity index is 1.63. The van der Waals surface area contributed by atoms with E-state index in [4.69, 9.17) is 13.2 Å². The van der Waals surface area contributed by atoms with E-state index in [0.29, 0.717) is 38.0 Å². The molecule has 4 aliphatic rings. The molecule has 0 bridgehead atoms. The van der Waals surface area contributed by atoms with Gasteiger partial charge in [-0.3, -0.25) is 0 Å². The number of piperidine rings is 1. The van der Waals surface area contributed by atoms with Crippen molar-refractivity contribution in [3.05, 3.63) is 39.7 Å². The van der Waals surface area contributed by atoms with Crippen molar-refractivity contribution in [1.29, 1.82) is 0 Å². The van der Waals surface area contributed by atoms with Gasteiger partial charge in [0.05, 0.1) is 5.60 Å². The third-order valence-corrected chi connectivity index (χ3v) is 9.65. The molecule has 1 radical (unpaired) electrons. The Labute approximate surface area is 246 Å². The number of primary amides is 1. The van der Waals surface area contributed by atoms with E-state index in [1.807, 2.05) is 25.9 Å². The maximum absolute atomic E-state index is 14.1. The molecule has 42 heavy (non-hydrogen) atoms. The van der Waals surface area contributed by atoms with E-state index in [1.165, 1.54) is 0 Å². The molecule has 1 amide bonds. The van der Waals surface area contributed by atoms with Crippen LogP contribution in [-0.4, -0.2) is 118 Å². The second kappa shape index (κ2) is 10.2. The summed E-state index contributed by atoms with van der Waals surface area (Å²) in [4.78, 5) is 32.2. The number of benzene rings is 1. The zero-order chi connectivity index (χ0) is 31.0. The average molecular weight is 579 g/mol. The van der Waals surface area contributed by atoms with Gasteiger partial charge in [0.1, 0.15) is 0 Å². The number of fused-ring (bicyclic) bond motifs is 3. The van der Waals surface area contributed by atoms with Gasteiger partial charge in [-0.2, -0.15) is 0 Å². The number of aliphatic hydroxyl groups is 4. The summed E-state index contributed by atoms with van der Waals surface area (Å²) in [5.41, 5.74) is 3.75. The number of rotatable bonds is 5. The van der Waals surface area contributed by atoms with E-state index in [-0.39, 0.29) is 29.7 Å². The summed E-state index contributed by atoms with van der Waals surface area (Å²) < 4.78 is 0. The van der Waals surface area contributed by atoms with Crippen LogP contribution in [0.3, 0.4) is 0 Å². The Bertz CT molecular complexity index is 1440. The van der Waals surface area contributed by atoms with Crippen molar-refractivity contribution in [1.82, 2.24) is 9.80 Å². The van der Waals surface area contributed by atoms with E-state index in [1.54, 1.807) is 25.1 Å². The quantitative estimate of drug-likeness (QED) is 0.264. The van der Waals surface area contributed by atoms with Gasteiger partial charge in [0.2, 0.25) is 0 Å². The number of phenolic OH excluding ortho intramolecular Hbond substituents is 1. The number of hydrogen-bond donors (Lipinski definition) is 6. The molecular weight excluding hydrogens is 539 g/mol. The summed E-state index contributed by atoms with van der Waals surface area (Å²) in [6.45, 7) is 3.75. The minimum absolute atomic E-state index is 0.0714. The van der Waals surface area contributed by atoms with Gasteiger partial charge in [0.25, 0.3) is 0 Å². The van der Waals surface area contributed by atoms with Gasteiger partial charge in [0, 0.05) is 0 Å². The number of aromatic hydroxyl groups is 1. The number of aliphatic hydroxyl groups excluding tert-OH is 2. The van der Waals surface area contributed by atoms with E-state index >= 15 is 0 Å². The first-order valence-electron chi connectivity index (χ1n) is 14.2. The van der Waals surface area contributed by atoms with Crippen LogP contribution in [0, 0.1) is 11.8 Å². The molecule has 5 rings (SSSR count). The molecule has 2 fully saturated rings. The molecule has 1 saturated carbocycles. The van der Waals surface area contributed by atoms with Gasteiger partial charge in [-0.1, -0.05) is 0 Å². The van der Waals surface area contributed by atoms with Crippen LogP contribution in [0.1, 0.15) is 42.9 Å². The molecule has 0 spiro atoms. The van der Waals surface area contributed by atoms with Crippen LogP contribution < -0.4 is 10.6 Å². The number of nitrogens with zero attached hydrogens (tertiary/aromatic N) is 3. The van der Waals surface area contributed by atoms with Crippen molar-refractivity contribution < 1.29 is 35.1 Å². The normalized spacial score (nSPS) is 29.4. The van der Waals surface area contributed by atoms with Crippen LogP contribution in [0.4, 0.5) is 5.69 Å². The molecular formula is C30H40BN4O7. The number of nitrogens with two attached hydrogens (primary N) is 1. The second-order valence-electron chi connectivity index (χ2n) is 13.0. The fraction of sp³-hybridized carbons (Fsp3) is 0.567. The van der Waals surface area contributed by atoms with Crippen LogP contribution in [0.2, 0.25) is 0 Å². The molecule has 0 aromatic heterocycles. The number of ketones is 1. The van der Waals surface area contributed by atoms with Crippen LogP contribution in [-0.2, 0) is 22.6 Å². The number of amides is 1. The molecule has 1 aromatic carbocycles. The van der Waals surface area contributed by atoms with Crippen LogP contribution in [0.5, 0.6) is 5.75 Å². The summed E-state index contributed by atoms with van der Waals surface area (Å²) in [5.74, 6) is -4.50. The third-order valence-electron chi connectivity index (χ3n) is 9.65. The first-order valence-corrected chi connectivity index (χ1v) is 14.2. The molecule has 3 aliphatic carbocycles. The number of anilines is 1. The summed E-state index contributed by atoms with van der Waals surface area (Å²) >= 11 is 0. The van der Waals surface area contributed by atoms with Gasteiger partial charge in [-0.25, -0.2) is 0 Å². The number of carbonyl (C=O) groups excluding carboxylic acids is 2. The predicted octanol–water partition coefficient (Wildman–Crippen LogP) is 0.149. The SMILES string of the molecule is [B]=C1C(C(N)=O)=C(O)[C@@H](N(C)C)[C@@H]2C[C@@H]3Cc4c(c(O)cc(CN5CCC(C)(O)CC5)c4N(C)C)C(O)=C3C(=O)[C@]12O. The molecule has 7 N–H and O–H groups in total. The van der Waals surface area contributed by atoms with E-state index < -0.39 is 63.3 Å². The van der Waals surface area contributed by atoms with Gasteiger partial charge in [-0.05, 0) is 19.8 Å². The van der Waals surface area contributed by atoms with Crippen molar-refractivity contribution in [3.8, 4) is 5.75 Å². The van der Waals surface area contributed by atoms with Crippen molar-refractivity contribution in [3.63, 3.8) is 0 Å². The van der Waals surface area contributed by atoms with E-state index in [0.717, 1.165) is 11.3 Å². The molecule has 4 atom stereocenters. The van der Waals surface area contributed by atoms with Gasteiger partial charge in [0.15, 0.2) is 0 Å². The molecule has 11 nitrogen and oxygen atoms in total. The zero-order valence-corrected chi connectivity index (χ0v) is 24.8. The van der Waals surface area contributed by atoms with Crippen molar-refractivity contribution in [2.45, 2.75) is 56.4 Å². The first-order chi connectivity index (χ1) is 19.5. The molecule has 0 unspecified atom stereocenters. The topological polar surface area (TPSA) is 171 Å². The molecule has 1 aromatic rings. The minimum atomic E-state index is -2.40. The van der Waals surface area contributed by atoms with Gasteiger partial charge >= 0.3 is 216 Å². The Morgan fingerprint density at radius 3 is 2.31 bits per heavy atom. The van der Waals surface area contributed by atoms with Gasteiger partial charge < -0.3 is 5.11 Å². The van der Waals surface area contributed by atoms with E-state index in [2.05, 4.69) is 4.90 Å². The first kappa shape index (κ1) is 30.3. The van der Waals surface area contributed by atoms with Crippen molar-refractivity contribution in [2.24, 2.45) is 17.6 Å². The maximum atomic E-state index is 14.1. The Morgan fingerprint density at radius 2 is 1.76 bits per heavy atom. The monoisotopic (exact) mass is 579 g/mol. The molecule has 1 heterocycles. The number of likely N-dealkylation sites (N-methyl/N-ethyl adjacent to an activating group) is 1. The number of hydrogen-bond acceptors (Lipinski definition) is 10. The summed E-state index contributed by atoms with van der Waals surface area (Å²) in [6.07, 6.45) is 1.70. The Kier molecular flexibility index (Phi) is 7.37. The third kappa shape index (κ3) is 4.47. The fourth-order valence-corrected chi connectivity index (χ4v) is 7.58. The number of carbonyl (C=O) groups is 2. The average Bonchev–Trinajstić information content (AvgIpc) is 2.86. The van der Waals surface area contributed by atoms with Gasteiger partial charge in [-0.15, -0.1) is 0 Å². The predicted molar refractivity (Wildman–Crippen MR) is 159 cm³/mol. The van der Waals surface area contributed by atoms with Crippen LogP contribution in [0.25, 0.3) is 5.76 Å². The summed E-state index contributed by atoms with van der Waals surface area (Å²) in [5, 5.41) is 56.2. The molecule has 1 saturated heterocycles. The zero-order valence-electron chi connectivity index (χ0n) is 24.8. The van der Waals surface area contributed by atoms with Crippen LogP contribution >= 0.6 is 0 Å². The summed E-state index contributed by atoms with van der Waals surface area (Å²) in [7, 11) is 13.3. The molecule has 12 heteroatoms. The number of likely N-dealkylation sites (tertiary alicyclic amines) is 1. The second-order valence-corrected chi connectivity index (χ2v) is 13.0. The van der Waals surface area contributed by atoms with Crippen molar-refractivity contribution in [2.75, 3.05) is 46.2 Å².